The summed E-state index contributed by atoms with van der Waals surface area (Å²) in [7, 11) is -4.02. The number of benzene rings is 2. The second-order valence-electron chi connectivity index (χ2n) is 12.3. The van der Waals surface area contributed by atoms with E-state index in [4.69, 9.17) is 4.74 Å². The van der Waals surface area contributed by atoms with Gasteiger partial charge in [0, 0.05) is 23.0 Å². The zero-order valence-electron chi connectivity index (χ0n) is 24.7. The van der Waals surface area contributed by atoms with E-state index < -0.39 is 39.1 Å². The molecule has 3 aliphatic rings. The molecule has 6 rings (SSSR count). The minimum Gasteiger partial charge on any atom is -0.506 e. The topological polar surface area (TPSA) is 109 Å². The van der Waals surface area contributed by atoms with Gasteiger partial charge in [-0.15, -0.1) is 0 Å². The van der Waals surface area contributed by atoms with E-state index in [1.807, 2.05) is 44.2 Å². The molecule has 2 aromatic carbocycles. The number of carbonyl (C=O) groups excluding carboxylic acids is 1. The maximum Gasteiger partial charge on any atom is 0.273 e. The predicted molar refractivity (Wildman–Crippen MR) is 165 cm³/mol. The Hall–Kier alpha value is -4.44. The van der Waals surface area contributed by atoms with E-state index in [0.717, 1.165) is 5.56 Å². The third kappa shape index (κ3) is 5.61. The molecule has 0 saturated carbocycles. The third-order valence-electron chi connectivity index (χ3n) is 8.12. The lowest BCUT2D eigenvalue weighted by atomic mass is 9.88. The second kappa shape index (κ2) is 11.2. The van der Waals surface area contributed by atoms with Crippen molar-refractivity contribution in [3.05, 3.63) is 129 Å². The van der Waals surface area contributed by atoms with Gasteiger partial charge < -0.3 is 20.1 Å². The van der Waals surface area contributed by atoms with Gasteiger partial charge in [0.25, 0.3) is 5.91 Å². The second-order valence-corrected chi connectivity index (χ2v) is 14.2. The predicted octanol–water partition coefficient (Wildman–Crippen LogP) is 6.05. The van der Waals surface area contributed by atoms with Crippen LogP contribution in [0.1, 0.15) is 60.0 Å². The maximum absolute atomic E-state index is 16.3. The molecule has 0 spiro atoms. The van der Waals surface area contributed by atoms with Crippen molar-refractivity contribution < 1.29 is 27.4 Å². The molecule has 1 amide bonds. The molecule has 0 saturated heterocycles. The number of aliphatic hydroxyl groups excluding tert-OH is 1. The lowest BCUT2D eigenvalue weighted by Gasteiger charge is -2.39. The fourth-order valence-electron chi connectivity index (χ4n) is 6.30. The Labute approximate surface area is 256 Å². The molecule has 2 aliphatic heterocycles. The number of halogens is 1. The summed E-state index contributed by atoms with van der Waals surface area (Å²) in [5.41, 5.74) is 1.58. The number of allylic oxidation sites excluding steroid dienone is 2. The van der Waals surface area contributed by atoms with E-state index in [1.165, 1.54) is 23.1 Å². The zero-order chi connectivity index (χ0) is 31.2. The van der Waals surface area contributed by atoms with E-state index in [0.29, 0.717) is 23.5 Å². The van der Waals surface area contributed by atoms with Gasteiger partial charge in [0.2, 0.25) is 0 Å². The van der Waals surface area contributed by atoms with E-state index >= 15 is 4.39 Å². The fourth-order valence-corrected chi connectivity index (χ4v) is 8.66. The number of amides is 1. The summed E-state index contributed by atoms with van der Waals surface area (Å²) < 4.78 is 50.5. The number of aryl methyl sites for hydroxylation is 1. The summed E-state index contributed by atoms with van der Waals surface area (Å²) in [6.45, 7) is 5.67. The normalized spacial score (nSPS) is 22.0. The lowest BCUT2D eigenvalue weighted by Crippen LogP contribution is -2.47. The number of sulfone groups is 1. The molecular formula is C34H34FN3O5S. The minimum atomic E-state index is -4.02. The number of carbonyl (C=O) groups is 1. The monoisotopic (exact) mass is 615 g/mol. The summed E-state index contributed by atoms with van der Waals surface area (Å²) in [6.07, 6.45) is 3.82. The number of hydrogen-bond acceptors (Lipinski definition) is 7. The molecular weight excluding hydrogens is 581 g/mol. The molecule has 3 heterocycles. The molecule has 0 fully saturated rings. The maximum atomic E-state index is 16.3. The molecule has 3 aromatic rings. The Morgan fingerprint density at radius 3 is 2.64 bits per heavy atom. The van der Waals surface area contributed by atoms with Crippen LogP contribution in [0.4, 0.5) is 4.39 Å². The summed E-state index contributed by atoms with van der Waals surface area (Å²) in [5.74, 6) is -1.33. The third-order valence-corrected chi connectivity index (χ3v) is 10.4. The van der Waals surface area contributed by atoms with Gasteiger partial charge >= 0.3 is 0 Å². The minimum absolute atomic E-state index is 0.00550. The average molecular weight is 616 g/mol. The first-order valence-corrected chi connectivity index (χ1v) is 16.1. The fraction of sp³-hybridized carbons (Fsp3) is 0.294. The van der Waals surface area contributed by atoms with Crippen LogP contribution in [0.15, 0.2) is 101 Å². The Bertz CT molecular complexity index is 1830. The van der Waals surface area contributed by atoms with Gasteiger partial charge in [-0.2, -0.15) is 0 Å². The summed E-state index contributed by atoms with van der Waals surface area (Å²) in [6, 6.07) is 16.6. The number of nitrogens with one attached hydrogen (secondary N) is 1. The Balaban J connectivity index is 1.54. The first-order chi connectivity index (χ1) is 20.9. The van der Waals surface area contributed by atoms with Crippen molar-refractivity contribution >= 4 is 15.7 Å². The molecule has 8 nitrogen and oxygen atoms in total. The van der Waals surface area contributed by atoms with Gasteiger partial charge in [-0.3, -0.25) is 4.79 Å². The summed E-state index contributed by atoms with van der Waals surface area (Å²) in [4.78, 5) is 20.2. The van der Waals surface area contributed by atoms with Crippen molar-refractivity contribution in [2.24, 2.45) is 5.41 Å². The van der Waals surface area contributed by atoms with E-state index in [1.54, 1.807) is 37.3 Å². The number of aliphatic hydroxyl groups is 1. The lowest BCUT2D eigenvalue weighted by molar-refractivity contribution is 0.0634. The van der Waals surface area contributed by atoms with E-state index in [9.17, 15) is 18.3 Å². The number of hydrogen-bond donors (Lipinski definition) is 2. The van der Waals surface area contributed by atoms with Crippen molar-refractivity contribution in [2.45, 2.75) is 52.3 Å². The molecule has 44 heavy (non-hydrogen) atoms. The first kappa shape index (κ1) is 29.6. The summed E-state index contributed by atoms with van der Waals surface area (Å²) >= 11 is 0. The molecule has 228 valence electrons. The molecule has 2 unspecified atom stereocenters. The highest BCUT2D eigenvalue weighted by Gasteiger charge is 2.50. The Morgan fingerprint density at radius 1 is 1.14 bits per heavy atom. The van der Waals surface area contributed by atoms with Crippen molar-refractivity contribution in [2.75, 3.05) is 5.75 Å². The molecule has 1 aromatic heterocycles. The quantitative estimate of drug-likeness (QED) is 0.360. The summed E-state index contributed by atoms with van der Waals surface area (Å²) in [5, 5.41) is 14.2. The number of fused-ring (bicyclic) bond motifs is 1. The van der Waals surface area contributed by atoms with Gasteiger partial charge in [-0.25, -0.2) is 17.8 Å². The van der Waals surface area contributed by atoms with Crippen LogP contribution in [-0.4, -0.2) is 41.1 Å². The van der Waals surface area contributed by atoms with Gasteiger partial charge in [0.1, 0.15) is 29.6 Å². The van der Waals surface area contributed by atoms with E-state index in [-0.39, 0.29) is 46.5 Å². The van der Waals surface area contributed by atoms with Crippen LogP contribution in [0.3, 0.4) is 0 Å². The van der Waals surface area contributed by atoms with Gasteiger partial charge in [-0.05, 0) is 61.1 Å². The highest BCUT2D eigenvalue weighted by Crippen LogP contribution is 2.48. The molecule has 1 aliphatic carbocycles. The molecule has 10 heteroatoms. The average Bonchev–Trinajstić information content (AvgIpc) is 3.11. The van der Waals surface area contributed by atoms with Crippen LogP contribution >= 0.6 is 0 Å². The van der Waals surface area contributed by atoms with Crippen LogP contribution in [0, 0.1) is 18.2 Å². The largest absolute Gasteiger partial charge is 0.506 e. The zero-order valence-corrected chi connectivity index (χ0v) is 25.6. The van der Waals surface area contributed by atoms with Crippen molar-refractivity contribution in [1.29, 1.82) is 0 Å². The Kier molecular flexibility index (Phi) is 7.57. The molecule has 2 N–H and O–H groups in total. The number of rotatable bonds is 5. The first-order valence-electron chi connectivity index (χ1n) is 14.5. The van der Waals surface area contributed by atoms with Gasteiger partial charge in [0.15, 0.2) is 9.84 Å². The standard InChI is InChI=1S/C34H34FN3O5S/c1-21-9-7-12-26(36-21)33(40)38-28-13-8-14-29(39)30(28)37-27-18-34(2,3)20-44(41,42)32(27)31(38)24-16-15-23(17-25(24)35)43-19-22-10-5-4-6-11-22/h4-12,14-17,28,31,37,39H,13,18-20H2,1-3H3. The van der Waals surface area contributed by atoms with E-state index in [2.05, 4.69) is 10.3 Å². The SMILES string of the molecule is Cc1cccc(C(=O)N2C3CC=CC(O)=C3NC3=C(C2c2ccc(OCc4ccccc4)cc2F)S(=O)(=O)CC(C)(C)C3)n1. The van der Waals surface area contributed by atoms with Crippen molar-refractivity contribution in [3.63, 3.8) is 0 Å². The van der Waals surface area contributed by atoms with Crippen LogP contribution in [0.25, 0.3) is 0 Å². The molecule has 0 bridgehead atoms. The number of ether oxygens (including phenoxy) is 1. The highest BCUT2D eigenvalue weighted by molar-refractivity contribution is 7.95. The smallest absolute Gasteiger partial charge is 0.273 e. The van der Waals surface area contributed by atoms with Crippen molar-refractivity contribution in [1.82, 2.24) is 15.2 Å². The molecule has 2 atom stereocenters. The number of pyridine rings is 1. The van der Waals surface area contributed by atoms with Gasteiger partial charge in [-0.1, -0.05) is 56.3 Å². The highest BCUT2D eigenvalue weighted by atomic mass is 32.2. The number of aromatic nitrogens is 1. The van der Waals surface area contributed by atoms with Crippen LogP contribution in [-0.2, 0) is 16.4 Å². The van der Waals surface area contributed by atoms with Crippen molar-refractivity contribution in [3.8, 4) is 5.75 Å². The van der Waals surface area contributed by atoms with Gasteiger partial charge in [0.05, 0.1) is 28.4 Å². The molecule has 0 radical (unpaired) electrons. The number of nitrogens with zero attached hydrogens (tertiary/aromatic N) is 2. The van der Waals surface area contributed by atoms with Crippen LogP contribution < -0.4 is 10.1 Å². The Morgan fingerprint density at radius 2 is 1.91 bits per heavy atom. The van der Waals surface area contributed by atoms with Crippen LogP contribution in [0.5, 0.6) is 5.75 Å². The van der Waals surface area contributed by atoms with Crippen LogP contribution in [0.2, 0.25) is 0 Å².